The van der Waals surface area contributed by atoms with Gasteiger partial charge in [-0.25, -0.2) is 0 Å². The Morgan fingerprint density at radius 2 is 1.10 bits per heavy atom. The molecule has 3 N–H and O–H groups in total. The van der Waals surface area contributed by atoms with Crippen molar-refractivity contribution in [2.45, 2.75) is 19.3 Å². The van der Waals surface area contributed by atoms with Gasteiger partial charge in [0.1, 0.15) is 5.84 Å². The quantitative estimate of drug-likeness (QED) is 0.165. The highest BCUT2D eigenvalue weighted by Gasteiger charge is 2.13. The van der Waals surface area contributed by atoms with E-state index >= 15 is 0 Å². The van der Waals surface area contributed by atoms with Gasteiger partial charge in [0, 0.05) is 25.4 Å². The molecule has 5 aromatic carbocycles. The Kier molecular flexibility index (Phi) is 6.58. The van der Waals surface area contributed by atoms with Gasteiger partial charge < -0.3 is 5.73 Å². The largest absolute Gasteiger partial charge is 0.384 e. The van der Waals surface area contributed by atoms with Gasteiger partial charge in [-0.05, 0) is 94.1 Å². The molecular formula is C38H30N2S. The molecule has 0 amide bonds. The molecule has 6 aromatic rings. The number of hydrogen-bond acceptors (Lipinski definition) is 2. The molecule has 0 atom stereocenters. The van der Waals surface area contributed by atoms with Gasteiger partial charge in [-0.1, -0.05) is 97.1 Å². The fraction of sp³-hybridized carbons (Fsp3) is 0.0789. The third-order valence-electron chi connectivity index (χ3n) is 8.00. The Morgan fingerprint density at radius 3 is 1.66 bits per heavy atom. The lowest BCUT2D eigenvalue weighted by molar-refractivity contribution is 0.914. The van der Waals surface area contributed by atoms with Crippen LogP contribution in [0.25, 0.3) is 66.2 Å². The molecule has 1 aliphatic carbocycles. The van der Waals surface area contributed by atoms with Gasteiger partial charge in [0.25, 0.3) is 0 Å². The Labute approximate surface area is 244 Å². The first kappa shape index (κ1) is 25.3. The lowest BCUT2D eigenvalue weighted by atomic mass is 9.92. The minimum Gasteiger partial charge on any atom is -0.384 e. The van der Waals surface area contributed by atoms with Crippen LogP contribution in [-0.2, 0) is 0 Å². The first-order valence-corrected chi connectivity index (χ1v) is 14.9. The highest BCUT2D eigenvalue weighted by Crippen LogP contribution is 2.34. The predicted octanol–water partition coefficient (Wildman–Crippen LogP) is 8.62. The lowest BCUT2D eigenvalue weighted by Gasteiger charge is -2.12. The minimum absolute atomic E-state index is 0.198. The molecule has 1 heterocycles. The Hall–Kier alpha value is -4.73. The molecule has 198 valence electrons. The summed E-state index contributed by atoms with van der Waals surface area (Å²) >= 11 is 1.81. The molecule has 0 radical (unpaired) electrons. The number of thiophene rings is 1. The highest BCUT2D eigenvalue weighted by atomic mass is 32.1. The molecule has 1 aliphatic rings. The molecule has 3 heteroatoms. The number of nitrogens with two attached hydrogens (primary N) is 1. The fourth-order valence-corrected chi connectivity index (χ4v) is 7.08. The summed E-state index contributed by atoms with van der Waals surface area (Å²) in [6, 6.07) is 43.7. The van der Waals surface area contributed by atoms with Gasteiger partial charge in [0.05, 0.1) is 0 Å². The third kappa shape index (κ3) is 4.90. The van der Waals surface area contributed by atoms with Crippen molar-refractivity contribution in [3.63, 3.8) is 0 Å². The second kappa shape index (κ2) is 10.7. The monoisotopic (exact) mass is 546 g/mol. The Morgan fingerprint density at radius 1 is 0.585 bits per heavy atom. The number of hydrogen-bond donors (Lipinski definition) is 2. The van der Waals surface area contributed by atoms with Crippen LogP contribution in [0.1, 0.15) is 19.3 Å². The minimum atomic E-state index is 0.198. The van der Waals surface area contributed by atoms with E-state index in [-0.39, 0.29) is 5.84 Å². The van der Waals surface area contributed by atoms with Crippen molar-refractivity contribution in [2.24, 2.45) is 5.73 Å². The lowest BCUT2D eigenvalue weighted by Crippen LogP contribution is -2.27. The van der Waals surface area contributed by atoms with E-state index in [1.165, 1.54) is 64.3 Å². The summed E-state index contributed by atoms with van der Waals surface area (Å²) in [4.78, 5) is 0. The summed E-state index contributed by atoms with van der Waals surface area (Å²) in [5.74, 6) is 0.198. The number of rotatable bonds is 5. The molecule has 7 rings (SSSR count). The summed E-state index contributed by atoms with van der Waals surface area (Å²) in [6.07, 6.45) is 5.24. The van der Waals surface area contributed by atoms with Crippen molar-refractivity contribution < 1.29 is 0 Å². The van der Waals surface area contributed by atoms with E-state index in [0.717, 1.165) is 24.8 Å². The zero-order valence-electron chi connectivity index (χ0n) is 22.7. The SMILES string of the molecule is N=C(N)C1=c2c(sc3ccc(-c4ccc(-c5cc(-c6ccccc6)cc(-c6ccccc6)c5)cc4)cc23)=CCCC1. The van der Waals surface area contributed by atoms with Crippen LogP contribution in [0.15, 0.2) is 121 Å². The number of nitrogens with one attached hydrogen (secondary N) is 1. The molecular weight excluding hydrogens is 516 g/mol. The second-order valence-corrected chi connectivity index (χ2v) is 11.7. The maximum Gasteiger partial charge on any atom is 0.119 e. The van der Waals surface area contributed by atoms with Crippen LogP contribution < -0.4 is 15.5 Å². The molecule has 0 aliphatic heterocycles. The smallest absolute Gasteiger partial charge is 0.119 e. The van der Waals surface area contributed by atoms with E-state index in [9.17, 15) is 0 Å². The fourth-order valence-electron chi connectivity index (χ4n) is 5.90. The molecule has 0 spiro atoms. The molecule has 41 heavy (non-hydrogen) atoms. The number of amidine groups is 1. The van der Waals surface area contributed by atoms with E-state index in [2.05, 4.69) is 127 Å². The van der Waals surface area contributed by atoms with Crippen LogP contribution in [0.4, 0.5) is 0 Å². The summed E-state index contributed by atoms with van der Waals surface area (Å²) in [5.41, 5.74) is 16.6. The standard InChI is InChI=1S/C38H30N2S/c39-38(40)33-13-7-8-14-36-37(33)34-24-29(19-20-35(34)41-36)27-15-17-28(18-16-27)32-22-30(25-9-3-1-4-10-25)21-31(23-32)26-11-5-2-6-12-26/h1-6,9-12,14-24H,7-8,13H2,(H3,39,40). The number of fused-ring (bicyclic) bond motifs is 3. The van der Waals surface area contributed by atoms with Crippen LogP contribution in [0.2, 0.25) is 0 Å². The zero-order chi connectivity index (χ0) is 27.8. The van der Waals surface area contributed by atoms with E-state index < -0.39 is 0 Å². The van der Waals surface area contributed by atoms with Crippen LogP contribution in [0.5, 0.6) is 0 Å². The highest BCUT2D eigenvalue weighted by molar-refractivity contribution is 7.17. The van der Waals surface area contributed by atoms with E-state index in [0.29, 0.717) is 0 Å². The maximum absolute atomic E-state index is 8.23. The van der Waals surface area contributed by atoms with E-state index in [1.807, 2.05) is 11.3 Å². The van der Waals surface area contributed by atoms with Crippen LogP contribution in [0, 0.1) is 5.41 Å². The molecule has 1 aromatic heterocycles. The van der Waals surface area contributed by atoms with Crippen molar-refractivity contribution in [3.05, 3.63) is 131 Å². The predicted molar refractivity (Wildman–Crippen MR) is 176 cm³/mol. The summed E-state index contributed by atoms with van der Waals surface area (Å²) in [7, 11) is 0. The average molecular weight is 547 g/mol. The van der Waals surface area contributed by atoms with Crippen LogP contribution in [0.3, 0.4) is 0 Å². The average Bonchev–Trinajstić information content (AvgIpc) is 3.24. The van der Waals surface area contributed by atoms with Gasteiger partial charge in [-0.2, -0.15) is 0 Å². The van der Waals surface area contributed by atoms with Crippen molar-refractivity contribution in [3.8, 4) is 44.5 Å². The molecule has 0 unspecified atom stereocenters. The summed E-state index contributed by atoms with van der Waals surface area (Å²) < 4.78 is 2.50. The van der Waals surface area contributed by atoms with Crippen molar-refractivity contribution in [1.82, 2.24) is 0 Å². The second-order valence-electron chi connectivity index (χ2n) is 10.6. The Bertz CT molecular complexity index is 1960. The first-order valence-electron chi connectivity index (χ1n) is 14.1. The van der Waals surface area contributed by atoms with Gasteiger partial charge in [-0.15, -0.1) is 11.3 Å². The molecule has 2 nitrogen and oxygen atoms in total. The normalized spacial score (nSPS) is 12.9. The topological polar surface area (TPSA) is 49.9 Å². The molecule has 0 saturated heterocycles. The van der Waals surface area contributed by atoms with Gasteiger partial charge in [0.15, 0.2) is 0 Å². The van der Waals surface area contributed by atoms with Crippen molar-refractivity contribution >= 4 is 38.9 Å². The van der Waals surface area contributed by atoms with Crippen molar-refractivity contribution in [2.75, 3.05) is 0 Å². The van der Waals surface area contributed by atoms with Crippen molar-refractivity contribution in [1.29, 1.82) is 5.41 Å². The van der Waals surface area contributed by atoms with Crippen LogP contribution in [-0.4, -0.2) is 5.84 Å². The maximum atomic E-state index is 8.23. The summed E-state index contributed by atoms with van der Waals surface area (Å²) in [6.45, 7) is 0. The van der Waals surface area contributed by atoms with Gasteiger partial charge >= 0.3 is 0 Å². The molecule has 0 fully saturated rings. The summed E-state index contributed by atoms with van der Waals surface area (Å²) in [5, 5.41) is 10.6. The number of benzene rings is 5. The van der Waals surface area contributed by atoms with E-state index in [1.54, 1.807) is 0 Å². The van der Waals surface area contributed by atoms with Crippen LogP contribution >= 0.6 is 11.3 Å². The Balaban J connectivity index is 1.31. The first-order chi connectivity index (χ1) is 20.1. The van der Waals surface area contributed by atoms with E-state index in [4.69, 9.17) is 11.1 Å². The molecule has 0 saturated carbocycles. The molecule has 0 bridgehead atoms. The van der Waals surface area contributed by atoms with Gasteiger partial charge in [0.2, 0.25) is 0 Å². The third-order valence-corrected chi connectivity index (χ3v) is 9.17. The van der Waals surface area contributed by atoms with Gasteiger partial charge in [-0.3, -0.25) is 5.41 Å². The zero-order valence-corrected chi connectivity index (χ0v) is 23.5.